The number of H-pyrrole nitrogens is 1. The summed E-state index contributed by atoms with van der Waals surface area (Å²) in [6.45, 7) is 1.84. The number of fused-ring (bicyclic) bond motifs is 1. The van der Waals surface area contributed by atoms with E-state index in [1.165, 1.54) is 23.6 Å². The maximum atomic E-state index is 12.0. The van der Waals surface area contributed by atoms with Crippen LogP contribution in [0.2, 0.25) is 0 Å². The van der Waals surface area contributed by atoms with Gasteiger partial charge in [-0.25, -0.2) is 4.98 Å². The molecule has 0 spiro atoms. The highest BCUT2D eigenvalue weighted by atomic mass is 32.2. The SMILES string of the molecule is CO/N=C(\C)c1cccc(-n2nnc3c(=O)[nH]c(SC)nc32)c1. The van der Waals surface area contributed by atoms with Gasteiger partial charge in [0.2, 0.25) is 0 Å². The minimum Gasteiger partial charge on any atom is -0.399 e. The van der Waals surface area contributed by atoms with E-state index in [2.05, 4.69) is 25.4 Å². The topological polar surface area (TPSA) is 98.0 Å². The first-order chi connectivity index (χ1) is 11.1. The molecule has 1 N–H and O–H groups in total. The van der Waals surface area contributed by atoms with Gasteiger partial charge >= 0.3 is 0 Å². The number of nitrogens with zero attached hydrogens (tertiary/aromatic N) is 5. The Hall–Kier alpha value is -2.68. The molecule has 3 aromatic rings. The number of aromatic nitrogens is 5. The van der Waals surface area contributed by atoms with Crippen molar-refractivity contribution >= 4 is 28.6 Å². The third kappa shape index (κ3) is 2.82. The predicted octanol–water partition coefficient (Wildman–Crippen LogP) is 1.60. The van der Waals surface area contributed by atoms with Crippen LogP contribution in [0, 0.1) is 0 Å². The number of benzene rings is 1. The van der Waals surface area contributed by atoms with E-state index in [-0.39, 0.29) is 11.1 Å². The number of oxime groups is 1. The molecule has 0 saturated heterocycles. The van der Waals surface area contributed by atoms with E-state index in [0.29, 0.717) is 10.8 Å². The van der Waals surface area contributed by atoms with Crippen molar-refractivity contribution in [2.75, 3.05) is 13.4 Å². The van der Waals surface area contributed by atoms with E-state index >= 15 is 0 Å². The summed E-state index contributed by atoms with van der Waals surface area (Å²) >= 11 is 1.35. The maximum absolute atomic E-state index is 12.0. The largest absolute Gasteiger partial charge is 0.399 e. The molecule has 0 radical (unpaired) electrons. The molecule has 8 nitrogen and oxygen atoms in total. The van der Waals surface area contributed by atoms with Crippen molar-refractivity contribution in [2.45, 2.75) is 12.1 Å². The lowest BCUT2D eigenvalue weighted by Gasteiger charge is -2.05. The van der Waals surface area contributed by atoms with Gasteiger partial charge in [0.05, 0.1) is 11.4 Å². The molecule has 0 saturated carbocycles. The summed E-state index contributed by atoms with van der Waals surface area (Å²) in [5.74, 6) is 0. The van der Waals surface area contributed by atoms with Crippen LogP contribution in [0.15, 0.2) is 39.4 Å². The first kappa shape index (κ1) is 15.2. The van der Waals surface area contributed by atoms with Gasteiger partial charge < -0.3 is 4.84 Å². The molecule has 2 aromatic heterocycles. The van der Waals surface area contributed by atoms with Gasteiger partial charge in [0.25, 0.3) is 5.56 Å². The lowest BCUT2D eigenvalue weighted by atomic mass is 10.1. The standard InChI is InChI=1S/C14H14N6O2S/c1-8(18-22-2)9-5-4-6-10(7-9)20-12-11(17-19-20)13(21)16-14(15-12)23-3/h4-7H,1-3H3,(H,15,16,21)/b18-8+. The first-order valence-electron chi connectivity index (χ1n) is 6.72. The van der Waals surface area contributed by atoms with Crippen molar-refractivity contribution in [3.8, 4) is 5.69 Å². The Morgan fingerprint density at radius 1 is 1.43 bits per heavy atom. The number of hydrogen-bond donors (Lipinski definition) is 1. The summed E-state index contributed by atoms with van der Waals surface area (Å²) in [4.78, 5) is 23.8. The summed E-state index contributed by atoms with van der Waals surface area (Å²) in [6, 6.07) is 7.52. The first-order valence-corrected chi connectivity index (χ1v) is 7.95. The van der Waals surface area contributed by atoms with Gasteiger partial charge in [-0.05, 0) is 25.3 Å². The molecular weight excluding hydrogens is 316 g/mol. The molecule has 2 heterocycles. The highest BCUT2D eigenvalue weighted by Crippen LogP contribution is 2.16. The van der Waals surface area contributed by atoms with Gasteiger partial charge in [-0.15, -0.1) is 5.10 Å². The van der Waals surface area contributed by atoms with E-state index in [4.69, 9.17) is 4.84 Å². The second-order valence-electron chi connectivity index (χ2n) is 4.66. The minimum absolute atomic E-state index is 0.204. The highest BCUT2D eigenvalue weighted by molar-refractivity contribution is 7.98. The van der Waals surface area contributed by atoms with Crippen molar-refractivity contribution in [2.24, 2.45) is 5.16 Å². The molecule has 1 aromatic carbocycles. The van der Waals surface area contributed by atoms with Crippen LogP contribution in [-0.4, -0.2) is 44.0 Å². The quantitative estimate of drug-likeness (QED) is 0.338. The number of thioether (sulfide) groups is 1. The summed E-state index contributed by atoms with van der Waals surface area (Å²) in [5, 5.41) is 12.4. The highest BCUT2D eigenvalue weighted by Gasteiger charge is 2.13. The fraction of sp³-hybridized carbons (Fsp3) is 0.214. The normalized spacial score (nSPS) is 11.9. The van der Waals surface area contributed by atoms with Crippen molar-refractivity contribution in [3.63, 3.8) is 0 Å². The van der Waals surface area contributed by atoms with Gasteiger partial charge in [0.15, 0.2) is 16.3 Å². The van der Waals surface area contributed by atoms with Crippen molar-refractivity contribution < 1.29 is 4.84 Å². The zero-order valence-electron chi connectivity index (χ0n) is 12.8. The molecule has 0 fully saturated rings. The van der Waals surface area contributed by atoms with Crippen LogP contribution < -0.4 is 5.56 Å². The lowest BCUT2D eigenvalue weighted by molar-refractivity contribution is 0.213. The van der Waals surface area contributed by atoms with E-state index in [9.17, 15) is 4.79 Å². The number of aromatic amines is 1. The summed E-state index contributed by atoms with van der Waals surface area (Å²) in [6.07, 6.45) is 1.84. The molecule has 0 bridgehead atoms. The van der Waals surface area contributed by atoms with Gasteiger partial charge in [-0.2, -0.15) is 4.68 Å². The van der Waals surface area contributed by atoms with Crippen LogP contribution in [0.3, 0.4) is 0 Å². The van der Waals surface area contributed by atoms with Crippen LogP contribution in [0.25, 0.3) is 16.9 Å². The van der Waals surface area contributed by atoms with Gasteiger partial charge in [-0.3, -0.25) is 9.78 Å². The fourth-order valence-corrected chi connectivity index (χ4v) is 2.50. The maximum Gasteiger partial charge on any atom is 0.281 e. The van der Waals surface area contributed by atoms with Crippen LogP contribution in [0.4, 0.5) is 0 Å². The number of rotatable bonds is 4. The molecule has 23 heavy (non-hydrogen) atoms. The van der Waals surface area contributed by atoms with Crippen molar-refractivity contribution in [1.82, 2.24) is 25.0 Å². The molecule has 118 valence electrons. The predicted molar refractivity (Wildman–Crippen MR) is 88.3 cm³/mol. The lowest BCUT2D eigenvalue weighted by Crippen LogP contribution is -2.10. The third-order valence-electron chi connectivity index (χ3n) is 3.22. The molecular formula is C14H14N6O2S. The smallest absolute Gasteiger partial charge is 0.281 e. The molecule has 9 heteroatoms. The van der Waals surface area contributed by atoms with E-state index < -0.39 is 0 Å². The zero-order valence-corrected chi connectivity index (χ0v) is 13.6. The molecule has 0 amide bonds. The van der Waals surface area contributed by atoms with E-state index in [1.807, 2.05) is 37.4 Å². The molecule has 0 aliphatic heterocycles. The molecule has 0 aliphatic carbocycles. The Morgan fingerprint density at radius 3 is 3.00 bits per heavy atom. The van der Waals surface area contributed by atoms with Gasteiger partial charge in [0, 0.05) is 5.56 Å². The summed E-state index contributed by atoms with van der Waals surface area (Å²) < 4.78 is 1.54. The molecule has 0 aliphatic rings. The zero-order chi connectivity index (χ0) is 16.4. The summed E-state index contributed by atoms with van der Waals surface area (Å²) in [5.41, 5.74) is 2.66. The average Bonchev–Trinajstić information content (AvgIpc) is 2.99. The Kier molecular flexibility index (Phi) is 4.11. The Morgan fingerprint density at radius 2 is 2.26 bits per heavy atom. The van der Waals surface area contributed by atoms with Crippen LogP contribution in [-0.2, 0) is 4.84 Å². The Balaban J connectivity index is 2.18. The Bertz CT molecular complexity index is 946. The van der Waals surface area contributed by atoms with Crippen LogP contribution in [0.5, 0.6) is 0 Å². The molecule has 0 atom stereocenters. The third-order valence-corrected chi connectivity index (χ3v) is 3.80. The van der Waals surface area contributed by atoms with Crippen LogP contribution >= 0.6 is 11.8 Å². The monoisotopic (exact) mass is 330 g/mol. The van der Waals surface area contributed by atoms with Gasteiger partial charge in [-0.1, -0.05) is 34.3 Å². The summed E-state index contributed by atoms with van der Waals surface area (Å²) in [7, 11) is 1.50. The van der Waals surface area contributed by atoms with Gasteiger partial charge in [0.1, 0.15) is 7.11 Å². The van der Waals surface area contributed by atoms with Crippen molar-refractivity contribution in [3.05, 3.63) is 40.2 Å². The molecule has 3 rings (SSSR count). The Labute approximate surface area is 135 Å². The average molecular weight is 330 g/mol. The van der Waals surface area contributed by atoms with Crippen molar-refractivity contribution in [1.29, 1.82) is 0 Å². The second kappa shape index (κ2) is 6.21. The number of hydrogen-bond acceptors (Lipinski definition) is 7. The second-order valence-corrected chi connectivity index (χ2v) is 5.45. The van der Waals surface area contributed by atoms with E-state index in [0.717, 1.165) is 17.0 Å². The fourth-order valence-electron chi connectivity index (χ4n) is 2.13. The van der Waals surface area contributed by atoms with E-state index in [1.54, 1.807) is 0 Å². The number of nitrogens with one attached hydrogen (secondary N) is 1. The van der Waals surface area contributed by atoms with Crippen LogP contribution in [0.1, 0.15) is 12.5 Å². The molecule has 0 unspecified atom stereocenters. The minimum atomic E-state index is -0.307.